The van der Waals surface area contributed by atoms with Gasteiger partial charge in [0.05, 0.1) is 30.5 Å². The predicted molar refractivity (Wildman–Crippen MR) is 116 cm³/mol. The fraction of sp³-hybridized carbons (Fsp3) is 0.417. The number of nitrogens with zero attached hydrogens (tertiary/aromatic N) is 4. The molecule has 2 aliphatic rings. The summed E-state index contributed by atoms with van der Waals surface area (Å²) in [4.78, 5) is 21.6. The van der Waals surface area contributed by atoms with E-state index in [4.69, 9.17) is 4.74 Å². The van der Waals surface area contributed by atoms with Crippen molar-refractivity contribution in [3.05, 3.63) is 65.4 Å². The fourth-order valence-corrected chi connectivity index (χ4v) is 4.82. The SMILES string of the molecule is Cn1cc(CN2CCC[C@@H]2c2ccc(C(=O)N3CCOCC3)cn2)c2cc(F)ccc21. The average Bonchev–Trinajstić information content (AvgIpc) is 3.38. The summed E-state index contributed by atoms with van der Waals surface area (Å²) < 4.78 is 21.2. The molecule has 1 aromatic carbocycles. The summed E-state index contributed by atoms with van der Waals surface area (Å²) in [5, 5.41) is 0.965. The molecule has 3 aromatic rings. The van der Waals surface area contributed by atoms with Crippen LogP contribution in [-0.2, 0) is 18.3 Å². The van der Waals surface area contributed by atoms with Crippen LogP contribution in [-0.4, -0.2) is 58.1 Å². The monoisotopic (exact) mass is 422 g/mol. The minimum absolute atomic E-state index is 0.0170. The Morgan fingerprint density at radius 1 is 1.19 bits per heavy atom. The minimum Gasteiger partial charge on any atom is -0.378 e. The van der Waals surface area contributed by atoms with Crippen molar-refractivity contribution in [3.63, 3.8) is 0 Å². The summed E-state index contributed by atoms with van der Waals surface area (Å²) in [6, 6.07) is 9.05. The largest absolute Gasteiger partial charge is 0.378 e. The van der Waals surface area contributed by atoms with Crippen LogP contribution < -0.4 is 0 Å². The maximum absolute atomic E-state index is 13.8. The van der Waals surface area contributed by atoms with Crippen molar-refractivity contribution in [3.8, 4) is 0 Å². The van der Waals surface area contributed by atoms with Gasteiger partial charge in [0.1, 0.15) is 5.82 Å². The lowest BCUT2D eigenvalue weighted by molar-refractivity contribution is 0.0302. The Bertz CT molecular complexity index is 1090. The molecule has 2 aromatic heterocycles. The van der Waals surface area contributed by atoms with Gasteiger partial charge in [0.25, 0.3) is 5.91 Å². The molecule has 4 heterocycles. The number of halogens is 1. The van der Waals surface area contributed by atoms with Crippen LogP contribution in [0.2, 0.25) is 0 Å². The van der Waals surface area contributed by atoms with Gasteiger partial charge >= 0.3 is 0 Å². The third-order valence-electron chi connectivity index (χ3n) is 6.44. The van der Waals surface area contributed by atoms with Gasteiger partial charge in [-0.05, 0) is 55.3 Å². The van der Waals surface area contributed by atoms with Crippen LogP contribution in [0.5, 0.6) is 0 Å². The lowest BCUT2D eigenvalue weighted by Crippen LogP contribution is -2.40. The van der Waals surface area contributed by atoms with Crippen molar-refractivity contribution in [2.75, 3.05) is 32.8 Å². The number of amides is 1. The highest BCUT2D eigenvalue weighted by molar-refractivity contribution is 5.94. The molecule has 0 aliphatic carbocycles. The Morgan fingerprint density at radius 3 is 2.81 bits per heavy atom. The first kappa shape index (κ1) is 20.2. The zero-order chi connectivity index (χ0) is 21.4. The van der Waals surface area contributed by atoms with E-state index in [0.717, 1.165) is 48.1 Å². The summed E-state index contributed by atoms with van der Waals surface area (Å²) in [6.45, 7) is 4.16. The molecule has 1 atom stereocenters. The van der Waals surface area contributed by atoms with Crippen LogP contribution >= 0.6 is 0 Å². The second-order valence-corrected chi connectivity index (χ2v) is 8.43. The summed E-state index contributed by atoms with van der Waals surface area (Å²) >= 11 is 0. The van der Waals surface area contributed by atoms with Crippen molar-refractivity contribution < 1.29 is 13.9 Å². The van der Waals surface area contributed by atoms with Crippen LogP contribution in [0.3, 0.4) is 0 Å². The Hall–Kier alpha value is -2.77. The first-order valence-corrected chi connectivity index (χ1v) is 10.9. The van der Waals surface area contributed by atoms with E-state index in [1.807, 2.05) is 30.1 Å². The number of morpholine rings is 1. The molecule has 1 amide bonds. The van der Waals surface area contributed by atoms with E-state index in [9.17, 15) is 9.18 Å². The van der Waals surface area contributed by atoms with Gasteiger partial charge in [-0.2, -0.15) is 0 Å². The van der Waals surface area contributed by atoms with Gasteiger partial charge in [0.15, 0.2) is 0 Å². The normalized spacial score (nSPS) is 19.9. The van der Waals surface area contributed by atoms with Gasteiger partial charge in [-0.3, -0.25) is 14.7 Å². The molecule has 7 heteroatoms. The second-order valence-electron chi connectivity index (χ2n) is 8.43. The molecular formula is C24H27FN4O2. The number of carbonyl (C=O) groups is 1. The van der Waals surface area contributed by atoms with Gasteiger partial charge in [-0.15, -0.1) is 0 Å². The van der Waals surface area contributed by atoms with E-state index in [-0.39, 0.29) is 17.8 Å². The van der Waals surface area contributed by atoms with Crippen molar-refractivity contribution in [1.82, 2.24) is 19.4 Å². The molecule has 0 saturated carbocycles. The minimum atomic E-state index is -0.208. The second kappa shape index (κ2) is 8.40. The van der Waals surface area contributed by atoms with Crippen LogP contribution in [0.1, 0.15) is 40.5 Å². The van der Waals surface area contributed by atoms with Gasteiger partial charge in [0, 0.05) is 50.0 Å². The average molecular weight is 423 g/mol. The predicted octanol–water partition coefficient (Wildman–Crippen LogP) is 3.52. The summed E-state index contributed by atoms with van der Waals surface area (Å²) in [7, 11) is 2.00. The highest BCUT2D eigenvalue weighted by Crippen LogP contribution is 2.34. The quantitative estimate of drug-likeness (QED) is 0.646. The van der Waals surface area contributed by atoms with E-state index in [2.05, 4.69) is 20.6 Å². The van der Waals surface area contributed by atoms with Crippen molar-refractivity contribution in [2.24, 2.45) is 7.05 Å². The lowest BCUT2D eigenvalue weighted by Gasteiger charge is -2.27. The first-order chi connectivity index (χ1) is 15.1. The number of hydrogen-bond donors (Lipinski definition) is 0. The zero-order valence-corrected chi connectivity index (χ0v) is 17.8. The summed E-state index contributed by atoms with van der Waals surface area (Å²) in [5.74, 6) is -0.191. The van der Waals surface area contributed by atoms with Crippen LogP contribution in [0.25, 0.3) is 10.9 Å². The molecule has 2 fully saturated rings. The molecule has 0 spiro atoms. The number of ether oxygens (including phenoxy) is 1. The van der Waals surface area contributed by atoms with E-state index in [1.54, 1.807) is 12.3 Å². The van der Waals surface area contributed by atoms with Crippen LogP contribution in [0, 0.1) is 5.82 Å². The highest BCUT2D eigenvalue weighted by Gasteiger charge is 2.28. The molecular weight excluding hydrogens is 395 g/mol. The van der Waals surface area contributed by atoms with Gasteiger partial charge < -0.3 is 14.2 Å². The molecule has 2 saturated heterocycles. The Kier molecular flexibility index (Phi) is 5.46. The molecule has 2 aliphatic heterocycles. The van der Waals surface area contributed by atoms with Crippen LogP contribution in [0.4, 0.5) is 4.39 Å². The number of rotatable bonds is 4. The van der Waals surface area contributed by atoms with E-state index in [0.29, 0.717) is 31.9 Å². The molecule has 0 N–H and O–H groups in total. The molecule has 6 nitrogen and oxygen atoms in total. The Balaban J connectivity index is 1.34. The number of aryl methyl sites for hydroxylation is 1. The number of benzene rings is 1. The van der Waals surface area contributed by atoms with E-state index in [1.165, 1.54) is 6.07 Å². The molecule has 0 bridgehead atoms. The highest BCUT2D eigenvalue weighted by atomic mass is 19.1. The molecule has 0 unspecified atom stereocenters. The maximum atomic E-state index is 13.8. The van der Waals surface area contributed by atoms with E-state index < -0.39 is 0 Å². The summed E-state index contributed by atoms with van der Waals surface area (Å²) in [5.41, 5.74) is 3.78. The number of aromatic nitrogens is 2. The fourth-order valence-electron chi connectivity index (χ4n) is 4.82. The third kappa shape index (κ3) is 3.95. The first-order valence-electron chi connectivity index (χ1n) is 10.9. The number of likely N-dealkylation sites (tertiary alicyclic amines) is 1. The van der Waals surface area contributed by atoms with Gasteiger partial charge in [0.2, 0.25) is 0 Å². The number of carbonyl (C=O) groups excluding carboxylic acids is 1. The third-order valence-corrected chi connectivity index (χ3v) is 6.44. The Morgan fingerprint density at radius 2 is 2.03 bits per heavy atom. The van der Waals surface area contributed by atoms with Crippen LogP contribution in [0.15, 0.2) is 42.7 Å². The van der Waals surface area contributed by atoms with E-state index >= 15 is 0 Å². The Labute approximate surface area is 181 Å². The molecule has 31 heavy (non-hydrogen) atoms. The molecule has 5 rings (SSSR count). The zero-order valence-electron chi connectivity index (χ0n) is 17.8. The standard InChI is InChI=1S/C24H27FN4O2/c1-27-15-18(20-13-19(25)5-7-22(20)27)16-29-8-2-3-23(29)21-6-4-17(14-26-21)24(30)28-9-11-31-12-10-28/h4-7,13-15,23H,2-3,8-12,16H2,1H3/t23-/m1/s1. The van der Waals surface area contributed by atoms with Crippen molar-refractivity contribution in [2.45, 2.75) is 25.4 Å². The lowest BCUT2D eigenvalue weighted by atomic mass is 10.1. The number of hydrogen-bond acceptors (Lipinski definition) is 4. The topological polar surface area (TPSA) is 50.6 Å². The van der Waals surface area contributed by atoms with Gasteiger partial charge in [-0.1, -0.05) is 0 Å². The van der Waals surface area contributed by atoms with Gasteiger partial charge in [-0.25, -0.2) is 4.39 Å². The smallest absolute Gasteiger partial charge is 0.255 e. The maximum Gasteiger partial charge on any atom is 0.255 e. The molecule has 162 valence electrons. The van der Waals surface area contributed by atoms with Crippen molar-refractivity contribution >= 4 is 16.8 Å². The molecule has 0 radical (unpaired) electrons. The summed E-state index contributed by atoms with van der Waals surface area (Å²) in [6.07, 6.45) is 5.93. The number of fused-ring (bicyclic) bond motifs is 1. The van der Waals surface area contributed by atoms with Crippen molar-refractivity contribution in [1.29, 1.82) is 0 Å². The number of pyridine rings is 1.